The Morgan fingerprint density at radius 1 is 1.29 bits per heavy atom. The topological polar surface area (TPSA) is 88.6 Å². The van der Waals surface area contributed by atoms with E-state index in [1.807, 2.05) is 18.2 Å². The molecule has 0 saturated carbocycles. The number of para-hydroxylation sites is 1. The fraction of sp³-hybridized carbons (Fsp3) is 0.333. The lowest BCUT2D eigenvalue weighted by atomic mass is 10.0. The molecule has 0 unspecified atom stereocenters. The molecule has 0 aliphatic carbocycles. The largest absolute Gasteiger partial charge is 0.494 e. The average Bonchev–Trinajstić information content (AvgIpc) is 3.37. The number of rotatable bonds is 5. The molecule has 7 nitrogen and oxygen atoms in total. The van der Waals surface area contributed by atoms with E-state index in [1.54, 1.807) is 24.6 Å². The third-order valence-corrected chi connectivity index (χ3v) is 8.86. The molecule has 1 N–H and O–H groups in total. The van der Waals surface area contributed by atoms with Crippen molar-refractivity contribution >= 4 is 54.0 Å². The number of methoxy groups -OCH3 is 1. The molecule has 3 aromatic rings. The molecule has 1 amide bonds. The number of carbonyl (C=O) groups excluding carboxylic acids is 1. The van der Waals surface area contributed by atoms with Crippen LogP contribution in [0.25, 0.3) is 10.2 Å². The van der Waals surface area contributed by atoms with E-state index in [-0.39, 0.29) is 10.1 Å². The monoisotopic (exact) mass is 437 g/mol. The first-order valence-electron chi connectivity index (χ1n) is 8.80. The molecule has 0 spiro atoms. The summed E-state index contributed by atoms with van der Waals surface area (Å²) >= 11 is 2.50. The summed E-state index contributed by atoms with van der Waals surface area (Å²) in [6.45, 7) is 0.339. The predicted molar refractivity (Wildman–Crippen MR) is 111 cm³/mol. The van der Waals surface area contributed by atoms with Crippen LogP contribution in [0, 0.1) is 0 Å². The fourth-order valence-corrected chi connectivity index (χ4v) is 6.97. The maximum absolute atomic E-state index is 13.0. The lowest BCUT2D eigenvalue weighted by Crippen LogP contribution is -2.49. The van der Waals surface area contributed by atoms with Gasteiger partial charge in [0, 0.05) is 6.54 Å². The third-order valence-electron chi connectivity index (χ3n) is 4.65. The minimum absolute atomic E-state index is 0.261. The highest BCUT2D eigenvalue weighted by Crippen LogP contribution is 2.33. The number of fused-ring (bicyclic) bond motifs is 1. The Morgan fingerprint density at radius 3 is 2.89 bits per heavy atom. The molecule has 4 rings (SSSR count). The Hall–Kier alpha value is -2.01. The van der Waals surface area contributed by atoms with Crippen molar-refractivity contribution in [2.24, 2.45) is 0 Å². The van der Waals surface area contributed by atoms with Gasteiger partial charge in [0.15, 0.2) is 5.13 Å². The number of aromatic nitrogens is 1. The van der Waals surface area contributed by atoms with Crippen molar-refractivity contribution in [3.8, 4) is 5.75 Å². The summed E-state index contributed by atoms with van der Waals surface area (Å²) < 4.78 is 33.7. The van der Waals surface area contributed by atoms with Crippen LogP contribution < -0.4 is 10.1 Å². The minimum Gasteiger partial charge on any atom is -0.494 e. The first-order valence-corrected chi connectivity index (χ1v) is 11.9. The van der Waals surface area contributed by atoms with Gasteiger partial charge in [-0.2, -0.15) is 4.31 Å². The van der Waals surface area contributed by atoms with Gasteiger partial charge in [0.05, 0.1) is 11.8 Å². The molecular formula is C18H19N3O4S3. The van der Waals surface area contributed by atoms with Crippen molar-refractivity contribution in [3.63, 3.8) is 0 Å². The molecule has 3 heterocycles. The number of anilines is 1. The molecule has 148 valence electrons. The van der Waals surface area contributed by atoms with Crippen molar-refractivity contribution < 1.29 is 17.9 Å². The summed E-state index contributed by atoms with van der Waals surface area (Å²) in [5.74, 6) is 0.284. The normalized spacial score (nSPS) is 18.2. The van der Waals surface area contributed by atoms with E-state index in [4.69, 9.17) is 4.74 Å². The quantitative estimate of drug-likeness (QED) is 0.659. The summed E-state index contributed by atoms with van der Waals surface area (Å²) in [6, 6.07) is 8.11. The van der Waals surface area contributed by atoms with E-state index in [0.29, 0.717) is 29.4 Å². The molecule has 0 radical (unpaired) electrons. The first kappa shape index (κ1) is 19.3. The van der Waals surface area contributed by atoms with E-state index in [9.17, 15) is 13.2 Å². The number of thiophene rings is 1. The second-order valence-electron chi connectivity index (χ2n) is 6.37. The van der Waals surface area contributed by atoms with Gasteiger partial charge in [-0.15, -0.1) is 11.3 Å². The van der Waals surface area contributed by atoms with Crippen molar-refractivity contribution in [3.05, 3.63) is 35.7 Å². The minimum atomic E-state index is -3.69. The van der Waals surface area contributed by atoms with Gasteiger partial charge < -0.3 is 10.1 Å². The highest BCUT2D eigenvalue weighted by atomic mass is 32.2. The van der Waals surface area contributed by atoms with Crippen molar-refractivity contribution in [1.29, 1.82) is 0 Å². The molecule has 1 aromatic carbocycles. The SMILES string of the molecule is COc1cccc2sc(NC(=O)[C@H]3CCCCN3S(=O)(=O)c3cccs3)nc12. The Balaban J connectivity index is 1.59. The zero-order valence-electron chi connectivity index (χ0n) is 15.1. The molecule has 1 saturated heterocycles. The number of carbonyl (C=O) groups is 1. The Labute approximate surface area is 171 Å². The molecule has 0 bridgehead atoms. The van der Waals surface area contributed by atoms with Crippen LogP contribution in [-0.2, 0) is 14.8 Å². The maximum Gasteiger partial charge on any atom is 0.253 e. The second kappa shape index (κ2) is 7.78. The number of benzene rings is 1. The van der Waals surface area contributed by atoms with Gasteiger partial charge in [-0.25, -0.2) is 13.4 Å². The van der Waals surface area contributed by atoms with Gasteiger partial charge >= 0.3 is 0 Å². The van der Waals surface area contributed by atoms with Crippen LogP contribution in [0.15, 0.2) is 39.9 Å². The predicted octanol–water partition coefficient (Wildman–Crippen LogP) is 3.55. The van der Waals surface area contributed by atoms with Crippen LogP contribution >= 0.6 is 22.7 Å². The van der Waals surface area contributed by atoms with Crippen LogP contribution in [0.1, 0.15) is 19.3 Å². The van der Waals surface area contributed by atoms with E-state index in [2.05, 4.69) is 10.3 Å². The standard InChI is InChI=1S/C18H19N3O4S3/c1-25-13-7-4-8-14-16(13)19-18(27-14)20-17(22)12-6-2-3-10-21(12)28(23,24)15-9-5-11-26-15/h4-5,7-9,11-12H,2-3,6,10H2,1H3,(H,19,20,22)/t12-/m1/s1. The molecule has 2 aromatic heterocycles. The zero-order chi connectivity index (χ0) is 19.7. The number of sulfonamides is 1. The number of hydrogen-bond acceptors (Lipinski definition) is 7. The molecule has 1 aliphatic rings. The number of nitrogens with one attached hydrogen (secondary N) is 1. The van der Waals surface area contributed by atoms with Gasteiger partial charge in [0.2, 0.25) is 5.91 Å². The number of ether oxygens (including phenoxy) is 1. The average molecular weight is 438 g/mol. The molecule has 10 heteroatoms. The zero-order valence-corrected chi connectivity index (χ0v) is 17.6. The van der Waals surface area contributed by atoms with E-state index < -0.39 is 16.1 Å². The highest BCUT2D eigenvalue weighted by Gasteiger charge is 2.38. The first-order chi connectivity index (χ1) is 13.5. The van der Waals surface area contributed by atoms with Crippen molar-refractivity contribution in [1.82, 2.24) is 9.29 Å². The Bertz CT molecular complexity index is 1090. The summed E-state index contributed by atoms with van der Waals surface area (Å²) in [7, 11) is -2.12. The lowest BCUT2D eigenvalue weighted by Gasteiger charge is -2.32. The molecule has 1 fully saturated rings. The number of thiazole rings is 1. The second-order valence-corrected chi connectivity index (χ2v) is 10.5. The number of nitrogens with zero attached hydrogens (tertiary/aromatic N) is 2. The Kier molecular flexibility index (Phi) is 5.37. The van der Waals surface area contributed by atoms with Crippen LogP contribution in [0.2, 0.25) is 0 Å². The van der Waals surface area contributed by atoms with Gasteiger partial charge in [-0.05, 0) is 36.4 Å². The summed E-state index contributed by atoms with van der Waals surface area (Å²) in [5, 5.41) is 4.97. The van der Waals surface area contributed by atoms with E-state index >= 15 is 0 Å². The van der Waals surface area contributed by atoms with Crippen molar-refractivity contribution in [2.75, 3.05) is 19.0 Å². The molecule has 28 heavy (non-hydrogen) atoms. The van der Waals surface area contributed by atoms with Gasteiger partial charge in [0.25, 0.3) is 10.0 Å². The van der Waals surface area contributed by atoms with Crippen LogP contribution in [0.3, 0.4) is 0 Å². The van der Waals surface area contributed by atoms with Crippen LogP contribution in [0.4, 0.5) is 5.13 Å². The van der Waals surface area contributed by atoms with Gasteiger partial charge in [-0.3, -0.25) is 4.79 Å². The van der Waals surface area contributed by atoms with E-state index in [0.717, 1.165) is 28.9 Å². The number of hydrogen-bond donors (Lipinski definition) is 1. The molecule has 1 atom stereocenters. The van der Waals surface area contributed by atoms with Gasteiger partial charge in [0.1, 0.15) is 21.5 Å². The number of piperidine rings is 1. The smallest absolute Gasteiger partial charge is 0.253 e. The maximum atomic E-state index is 13.0. The van der Waals surface area contributed by atoms with Crippen LogP contribution in [0.5, 0.6) is 5.75 Å². The Morgan fingerprint density at radius 2 is 2.14 bits per heavy atom. The van der Waals surface area contributed by atoms with Gasteiger partial charge in [-0.1, -0.05) is 29.9 Å². The number of amides is 1. The summed E-state index contributed by atoms with van der Waals surface area (Å²) in [4.78, 5) is 17.4. The van der Waals surface area contributed by atoms with Crippen LogP contribution in [-0.4, -0.2) is 43.3 Å². The third kappa shape index (κ3) is 3.52. The fourth-order valence-electron chi connectivity index (χ4n) is 3.31. The highest BCUT2D eigenvalue weighted by molar-refractivity contribution is 7.91. The molecule has 1 aliphatic heterocycles. The lowest BCUT2D eigenvalue weighted by molar-refractivity contribution is -0.120. The summed E-state index contributed by atoms with van der Waals surface area (Å²) in [5.41, 5.74) is 0.678. The molecular weight excluding hydrogens is 418 g/mol. The van der Waals surface area contributed by atoms with Crippen molar-refractivity contribution in [2.45, 2.75) is 29.5 Å². The summed E-state index contributed by atoms with van der Waals surface area (Å²) in [6.07, 6.45) is 2.04. The van der Waals surface area contributed by atoms with E-state index in [1.165, 1.54) is 15.6 Å².